The lowest BCUT2D eigenvalue weighted by molar-refractivity contribution is 0.396. The Bertz CT molecular complexity index is 511. The molecule has 3 heteroatoms. The normalized spacial score (nSPS) is 11.9. The third kappa shape index (κ3) is 2.72. The minimum absolute atomic E-state index is 0.465. The van der Waals surface area contributed by atoms with E-state index in [1.807, 2.05) is 0 Å². The molecule has 0 aliphatic carbocycles. The van der Waals surface area contributed by atoms with Gasteiger partial charge in [0.05, 0.1) is 11.0 Å². The van der Waals surface area contributed by atoms with Crippen LogP contribution in [-0.4, -0.2) is 35.1 Å². The summed E-state index contributed by atoms with van der Waals surface area (Å²) in [6.07, 6.45) is 2.20. The molecule has 0 bridgehead atoms. The van der Waals surface area contributed by atoms with E-state index in [1.54, 1.807) is 0 Å². The molecule has 0 saturated heterocycles. The van der Waals surface area contributed by atoms with E-state index in [1.165, 1.54) is 11.3 Å². The first-order valence-electron chi connectivity index (χ1n) is 6.70. The van der Waals surface area contributed by atoms with Gasteiger partial charge in [-0.2, -0.15) is 0 Å². The van der Waals surface area contributed by atoms with Crippen molar-refractivity contribution in [2.75, 3.05) is 20.6 Å². The van der Waals surface area contributed by atoms with E-state index < -0.39 is 0 Å². The minimum Gasteiger partial charge on any atom is -0.325 e. The van der Waals surface area contributed by atoms with Crippen LogP contribution in [0, 0.1) is 0 Å². The number of hydrogen-bond donors (Lipinski definition) is 0. The molecule has 0 N–H and O–H groups in total. The SMILES string of the molecule is CC(C)n1c(CCCN(C)C)nc2ccccc21. The lowest BCUT2D eigenvalue weighted by atomic mass is 10.2. The van der Waals surface area contributed by atoms with Crippen molar-refractivity contribution in [2.45, 2.75) is 32.7 Å². The van der Waals surface area contributed by atoms with Crippen LogP contribution >= 0.6 is 0 Å². The van der Waals surface area contributed by atoms with Crippen LogP contribution in [0.2, 0.25) is 0 Å². The van der Waals surface area contributed by atoms with Crippen molar-refractivity contribution in [1.82, 2.24) is 14.5 Å². The molecule has 1 heterocycles. The summed E-state index contributed by atoms with van der Waals surface area (Å²) in [4.78, 5) is 7.00. The van der Waals surface area contributed by atoms with E-state index in [-0.39, 0.29) is 0 Å². The second kappa shape index (κ2) is 5.53. The van der Waals surface area contributed by atoms with Crippen LogP contribution in [0.3, 0.4) is 0 Å². The Hall–Kier alpha value is -1.35. The van der Waals surface area contributed by atoms with Gasteiger partial charge in [0.2, 0.25) is 0 Å². The van der Waals surface area contributed by atoms with Gasteiger partial charge in [-0.1, -0.05) is 12.1 Å². The first-order chi connectivity index (χ1) is 8.59. The maximum absolute atomic E-state index is 4.78. The Labute approximate surface area is 109 Å². The van der Waals surface area contributed by atoms with Gasteiger partial charge < -0.3 is 9.47 Å². The smallest absolute Gasteiger partial charge is 0.110 e. The van der Waals surface area contributed by atoms with E-state index in [9.17, 15) is 0 Å². The summed E-state index contributed by atoms with van der Waals surface area (Å²) < 4.78 is 2.37. The molecule has 1 aromatic carbocycles. The van der Waals surface area contributed by atoms with Crippen LogP contribution in [0.1, 0.15) is 32.1 Å². The first kappa shape index (κ1) is 13.1. The lowest BCUT2D eigenvalue weighted by Crippen LogP contribution is -2.15. The zero-order valence-corrected chi connectivity index (χ0v) is 11.8. The topological polar surface area (TPSA) is 21.1 Å². The highest BCUT2D eigenvalue weighted by Crippen LogP contribution is 2.21. The van der Waals surface area contributed by atoms with Crippen LogP contribution in [-0.2, 0) is 6.42 Å². The number of rotatable bonds is 5. The van der Waals surface area contributed by atoms with Gasteiger partial charge in [0, 0.05) is 12.5 Å². The van der Waals surface area contributed by atoms with Crippen LogP contribution in [0.4, 0.5) is 0 Å². The Balaban J connectivity index is 2.28. The zero-order chi connectivity index (χ0) is 13.1. The molecule has 3 nitrogen and oxygen atoms in total. The van der Waals surface area contributed by atoms with Crippen LogP contribution < -0.4 is 0 Å². The van der Waals surface area contributed by atoms with Gasteiger partial charge >= 0.3 is 0 Å². The molecule has 18 heavy (non-hydrogen) atoms. The summed E-state index contributed by atoms with van der Waals surface area (Å²) in [7, 11) is 4.23. The van der Waals surface area contributed by atoms with Gasteiger partial charge in [-0.05, 0) is 53.0 Å². The predicted molar refractivity (Wildman–Crippen MR) is 77.0 cm³/mol. The number of aryl methyl sites for hydroxylation is 1. The van der Waals surface area contributed by atoms with Crippen LogP contribution in [0.15, 0.2) is 24.3 Å². The van der Waals surface area contributed by atoms with Crippen molar-refractivity contribution >= 4 is 11.0 Å². The fraction of sp³-hybridized carbons (Fsp3) is 0.533. The molecule has 0 aliphatic rings. The molecular weight excluding hydrogens is 222 g/mol. The number of benzene rings is 1. The molecule has 98 valence electrons. The number of hydrogen-bond acceptors (Lipinski definition) is 2. The highest BCUT2D eigenvalue weighted by atomic mass is 15.1. The summed E-state index contributed by atoms with van der Waals surface area (Å²) in [6, 6.07) is 8.88. The molecule has 2 rings (SSSR count). The molecular formula is C15H23N3. The monoisotopic (exact) mass is 245 g/mol. The van der Waals surface area contributed by atoms with Crippen LogP contribution in [0.5, 0.6) is 0 Å². The third-order valence-corrected chi connectivity index (χ3v) is 3.19. The maximum atomic E-state index is 4.78. The molecule has 0 spiro atoms. The number of imidazole rings is 1. The fourth-order valence-corrected chi connectivity index (χ4v) is 2.40. The highest BCUT2D eigenvalue weighted by Gasteiger charge is 2.12. The van der Waals surface area contributed by atoms with Crippen molar-refractivity contribution in [3.63, 3.8) is 0 Å². The Morgan fingerprint density at radius 1 is 1.22 bits per heavy atom. The van der Waals surface area contributed by atoms with E-state index >= 15 is 0 Å². The van der Waals surface area contributed by atoms with E-state index in [0.717, 1.165) is 24.9 Å². The quantitative estimate of drug-likeness (QED) is 0.807. The fourth-order valence-electron chi connectivity index (χ4n) is 2.40. The molecule has 0 atom stereocenters. The Kier molecular flexibility index (Phi) is 4.02. The number of fused-ring (bicyclic) bond motifs is 1. The second-order valence-corrected chi connectivity index (χ2v) is 5.39. The molecule has 2 aromatic rings. The molecule has 1 aromatic heterocycles. The maximum Gasteiger partial charge on any atom is 0.110 e. The zero-order valence-electron chi connectivity index (χ0n) is 11.8. The summed E-state index contributed by atoms with van der Waals surface area (Å²) in [5.74, 6) is 1.22. The van der Waals surface area contributed by atoms with Gasteiger partial charge in [-0.15, -0.1) is 0 Å². The number of aromatic nitrogens is 2. The Morgan fingerprint density at radius 2 is 1.94 bits per heavy atom. The van der Waals surface area contributed by atoms with E-state index in [2.05, 4.69) is 61.7 Å². The van der Waals surface area contributed by atoms with Crippen LogP contribution in [0.25, 0.3) is 11.0 Å². The second-order valence-electron chi connectivity index (χ2n) is 5.39. The molecule has 0 fully saturated rings. The average molecular weight is 245 g/mol. The van der Waals surface area contributed by atoms with Gasteiger partial charge in [-0.25, -0.2) is 4.98 Å². The van der Waals surface area contributed by atoms with Gasteiger partial charge in [-0.3, -0.25) is 0 Å². The van der Waals surface area contributed by atoms with Gasteiger partial charge in [0.1, 0.15) is 5.82 Å². The standard InChI is InChI=1S/C15H23N3/c1-12(2)18-14-9-6-5-8-13(14)16-15(18)10-7-11-17(3)4/h5-6,8-9,12H,7,10-11H2,1-4H3. The Morgan fingerprint density at radius 3 is 2.61 bits per heavy atom. The van der Waals surface area contributed by atoms with Gasteiger partial charge in [0.25, 0.3) is 0 Å². The molecule has 0 aliphatic heterocycles. The first-order valence-corrected chi connectivity index (χ1v) is 6.70. The number of nitrogens with zero attached hydrogens (tertiary/aromatic N) is 3. The molecule has 0 radical (unpaired) electrons. The van der Waals surface area contributed by atoms with Crippen molar-refractivity contribution < 1.29 is 0 Å². The summed E-state index contributed by atoms with van der Waals surface area (Å²) >= 11 is 0. The molecule has 0 unspecified atom stereocenters. The van der Waals surface area contributed by atoms with Crippen molar-refractivity contribution in [3.05, 3.63) is 30.1 Å². The molecule has 0 saturated carbocycles. The number of para-hydroxylation sites is 2. The summed E-state index contributed by atoms with van der Waals surface area (Å²) in [5, 5.41) is 0. The van der Waals surface area contributed by atoms with Gasteiger partial charge in [0.15, 0.2) is 0 Å². The average Bonchev–Trinajstić information content (AvgIpc) is 2.66. The van der Waals surface area contributed by atoms with E-state index in [0.29, 0.717) is 6.04 Å². The largest absolute Gasteiger partial charge is 0.325 e. The highest BCUT2D eigenvalue weighted by molar-refractivity contribution is 5.76. The van der Waals surface area contributed by atoms with Crippen molar-refractivity contribution in [3.8, 4) is 0 Å². The van der Waals surface area contributed by atoms with E-state index in [4.69, 9.17) is 4.98 Å². The summed E-state index contributed by atoms with van der Waals surface area (Å²) in [5.41, 5.74) is 2.37. The molecule has 0 amide bonds. The third-order valence-electron chi connectivity index (χ3n) is 3.19. The lowest BCUT2D eigenvalue weighted by Gasteiger charge is -2.14. The predicted octanol–water partition coefficient (Wildman–Crippen LogP) is 3.11. The van der Waals surface area contributed by atoms with Crippen molar-refractivity contribution in [2.24, 2.45) is 0 Å². The summed E-state index contributed by atoms with van der Waals surface area (Å²) in [6.45, 7) is 5.56. The minimum atomic E-state index is 0.465. The van der Waals surface area contributed by atoms with Crippen molar-refractivity contribution in [1.29, 1.82) is 0 Å².